The molecule has 1 unspecified atom stereocenters. The van der Waals surface area contributed by atoms with E-state index < -0.39 is 11.7 Å². The van der Waals surface area contributed by atoms with E-state index in [9.17, 15) is 9.59 Å². The molecule has 2 N–H and O–H groups in total. The fourth-order valence-electron chi connectivity index (χ4n) is 7.45. The number of hydrogen-bond acceptors (Lipinski definition) is 7. The smallest absolute Gasteiger partial charge is 0.407 e. The highest BCUT2D eigenvalue weighted by Crippen LogP contribution is 2.20. The van der Waals surface area contributed by atoms with Crippen LogP contribution in [0.2, 0.25) is 0 Å². The summed E-state index contributed by atoms with van der Waals surface area (Å²) in [6.45, 7) is 14.7. The second kappa shape index (κ2) is 47.6. The van der Waals surface area contributed by atoms with Gasteiger partial charge in [0.25, 0.3) is 0 Å². The van der Waals surface area contributed by atoms with E-state index in [4.69, 9.17) is 14.2 Å². The van der Waals surface area contributed by atoms with Gasteiger partial charge in [-0.15, -0.1) is 0 Å². The standard InChI is InChI=1S/C33H65NO5S.C19H41N/c1-7-8-9-10-11-12-13-14-15-16-17-18-19-20-21-22-23-24-30(40-29-35)27-34-31(36)38-28-33(4,5)39-26-25-32(2,3)37-6;1-3-4-5-6-7-8-9-10-11-12-13-14-15-16-17-18-19-20-2/h29-30H,7-28H2,1-6H3,(H,34,36);20H,3-19H2,1-2H3. The summed E-state index contributed by atoms with van der Waals surface area (Å²) in [4.78, 5) is 23.3. The van der Waals surface area contributed by atoms with Gasteiger partial charge in [-0.1, -0.05) is 231 Å². The first-order valence-corrected chi connectivity index (χ1v) is 26.8. The molecule has 7 nitrogen and oxygen atoms in total. The summed E-state index contributed by atoms with van der Waals surface area (Å²) >= 11 is 1.26. The van der Waals surface area contributed by atoms with Gasteiger partial charge < -0.3 is 24.8 Å². The molecule has 0 spiro atoms. The Morgan fingerprint density at radius 2 is 0.933 bits per heavy atom. The molecule has 360 valence electrons. The molecule has 8 heteroatoms. The van der Waals surface area contributed by atoms with Crippen molar-refractivity contribution in [1.29, 1.82) is 0 Å². The molecule has 0 aliphatic rings. The minimum absolute atomic E-state index is 0.0851. The molecule has 0 heterocycles. The molecule has 0 saturated heterocycles. The number of ether oxygens (including phenoxy) is 3. The molecule has 1 amide bonds. The van der Waals surface area contributed by atoms with Crippen molar-refractivity contribution in [3.63, 3.8) is 0 Å². The van der Waals surface area contributed by atoms with Crippen LogP contribution in [0.3, 0.4) is 0 Å². The molecular formula is C52H106N2O5S. The lowest BCUT2D eigenvalue weighted by Crippen LogP contribution is -2.38. The van der Waals surface area contributed by atoms with Crippen LogP contribution in [0.5, 0.6) is 0 Å². The Morgan fingerprint density at radius 1 is 0.567 bits per heavy atom. The number of carbonyl (C=O) groups excluding carboxylic acids is 2. The van der Waals surface area contributed by atoms with E-state index in [-0.39, 0.29) is 17.5 Å². The Hall–Kier alpha value is -0.830. The molecule has 0 saturated carbocycles. The maximum atomic E-state index is 12.2. The second-order valence-electron chi connectivity index (χ2n) is 19.0. The lowest BCUT2D eigenvalue weighted by atomic mass is 10.0. The van der Waals surface area contributed by atoms with E-state index in [0.717, 1.165) is 24.9 Å². The third kappa shape index (κ3) is 49.8. The molecule has 0 aliphatic carbocycles. The molecule has 0 radical (unpaired) electrons. The number of carbonyl (C=O) groups is 2. The Kier molecular flexibility index (Phi) is 48.6. The van der Waals surface area contributed by atoms with Crippen molar-refractivity contribution >= 4 is 23.5 Å². The highest BCUT2D eigenvalue weighted by atomic mass is 32.2. The highest BCUT2D eigenvalue weighted by molar-refractivity contribution is 8.12. The molecule has 0 aromatic carbocycles. The van der Waals surface area contributed by atoms with Gasteiger partial charge in [-0.3, -0.25) is 4.79 Å². The van der Waals surface area contributed by atoms with Crippen LogP contribution in [-0.2, 0) is 19.0 Å². The lowest BCUT2D eigenvalue weighted by molar-refractivity contribution is -0.0807. The minimum Gasteiger partial charge on any atom is -0.447 e. The Morgan fingerprint density at radius 3 is 1.28 bits per heavy atom. The molecule has 0 rings (SSSR count). The summed E-state index contributed by atoms with van der Waals surface area (Å²) < 4.78 is 16.7. The largest absolute Gasteiger partial charge is 0.447 e. The normalized spacial score (nSPS) is 12.3. The fraction of sp³-hybridized carbons (Fsp3) is 0.962. The van der Waals surface area contributed by atoms with Crippen molar-refractivity contribution in [1.82, 2.24) is 10.6 Å². The second-order valence-corrected chi connectivity index (χ2v) is 20.1. The average Bonchev–Trinajstić information content (AvgIpc) is 3.23. The van der Waals surface area contributed by atoms with Crippen molar-refractivity contribution in [2.75, 3.05) is 40.5 Å². The van der Waals surface area contributed by atoms with E-state index >= 15 is 0 Å². The van der Waals surface area contributed by atoms with E-state index in [0.29, 0.717) is 13.2 Å². The Labute approximate surface area is 379 Å². The van der Waals surface area contributed by atoms with Gasteiger partial charge in [-0.25, -0.2) is 4.79 Å². The summed E-state index contributed by atoms with van der Waals surface area (Å²) in [6.07, 6.45) is 47.5. The topological polar surface area (TPSA) is 85.9 Å². The zero-order valence-electron chi connectivity index (χ0n) is 41.7. The van der Waals surface area contributed by atoms with Crippen molar-refractivity contribution < 1.29 is 23.8 Å². The SMILES string of the molecule is CCCCCCCCCCCCCCCCCCCC(CNC(=O)OCC(C)(C)OCCC(C)(C)OC)SC=O.CCCCCCCCCCCCCCCCCCNC. The quantitative estimate of drug-likeness (QED) is 0.0465. The number of rotatable bonds is 46. The van der Waals surface area contributed by atoms with Crippen LogP contribution in [0.15, 0.2) is 0 Å². The van der Waals surface area contributed by atoms with Crippen molar-refractivity contribution in [2.24, 2.45) is 0 Å². The molecule has 60 heavy (non-hydrogen) atoms. The summed E-state index contributed by atoms with van der Waals surface area (Å²) in [5.41, 5.74) is 0.0564. The predicted octanol–water partition coefficient (Wildman–Crippen LogP) is 16.1. The van der Waals surface area contributed by atoms with Crippen LogP contribution in [0.25, 0.3) is 0 Å². The number of alkyl carbamates (subject to hydrolysis) is 1. The van der Waals surface area contributed by atoms with Crippen LogP contribution in [-0.4, -0.2) is 68.6 Å². The molecule has 0 bridgehead atoms. The van der Waals surface area contributed by atoms with E-state index in [1.165, 1.54) is 224 Å². The Bertz CT molecular complexity index is 855. The summed E-state index contributed by atoms with van der Waals surface area (Å²) in [5.74, 6) is 0. The molecule has 0 fully saturated rings. The zero-order chi connectivity index (χ0) is 44.7. The molecule has 1 atom stereocenters. The number of thioether (sulfide) groups is 1. The summed E-state index contributed by atoms with van der Waals surface area (Å²) in [5, 5.41) is 6.12. The van der Waals surface area contributed by atoms with Gasteiger partial charge >= 0.3 is 6.09 Å². The van der Waals surface area contributed by atoms with Gasteiger partial charge in [-0.2, -0.15) is 0 Å². The number of unbranched alkanes of at least 4 members (excludes halogenated alkanes) is 31. The zero-order valence-corrected chi connectivity index (χ0v) is 42.5. The first-order chi connectivity index (χ1) is 29.1. The minimum atomic E-state index is -0.578. The van der Waals surface area contributed by atoms with Gasteiger partial charge in [0, 0.05) is 18.9 Å². The first kappa shape index (κ1) is 61.3. The highest BCUT2D eigenvalue weighted by Gasteiger charge is 2.24. The van der Waals surface area contributed by atoms with Crippen LogP contribution in [0, 0.1) is 0 Å². The van der Waals surface area contributed by atoms with E-state index in [1.54, 1.807) is 7.11 Å². The van der Waals surface area contributed by atoms with E-state index in [2.05, 4.69) is 24.5 Å². The Balaban J connectivity index is 0. The van der Waals surface area contributed by atoms with Gasteiger partial charge in [0.1, 0.15) is 6.61 Å². The van der Waals surface area contributed by atoms with Crippen LogP contribution >= 0.6 is 11.8 Å². The van der Waals surface area contributed by atoms with Crippen molar-refractivity contribution in [2.45, 2.75) is 283 Å². The number of amides is 1. The maximum absolute atomic E-state index is 12.2. The molecule has 0 aromatic heterocycles. The van der Waals surface area contributed by atoms with Gasteiger partial charge in [0.2, 0.25) is 0 Å². The molecule has 0 aromatic rings. The lowest BCUT2D eigenvalue weighted by Gasteiger charge is -2.28. The first-order valence-electron chi connectivity index (χ1n) is 25.9. The van der Waals surface area contributed by atoms with Gasteiger partial charge in [0.05, 0.1) is 17.8 Å². The summed E-state index contributed by atoms with van der Waals surface area (Å²) in [7, 11) is 3.74. The predicted molar refractivity (Wildman–Crippen MR) is 265 cm³/mol. The third-order valence-corrected chi connectivity index (χ3v) is 12.8. The van der Waals surface area contributed by atoms with Crippen molar-refractivity contribution in [3.05, 3.63) is 0 Å². The van der Waals surface area contributed by atoms with Gasteiger partial charge in [-0.05, 0) is 60.5 Å². The number of nitrogens with one attached hydrogen (secondary N) is 2. The third-order valence-electron chi connectivity index (χ3n) is 11.9. The summed E-state index contributed by atoms with van der Waals surface area (Å²) in [6, 6.07) is 0. The average molecular weight is 871 g/mol. The number of hydrogen-bond donors (Lipinski definition) is 2. The van der Waals surface area contributed by atoms with Crippen LogP contribution in [0.1, 0.15) is 266 Å². The maximum Gasteiger partial charge on any atom is 0.407 e. The van der Waals surface area contributed by atoms with Crippen LogP contribution < -0.4 is 10.6 Å². The van der Waals surface area contributed by atoms with Gasteiger partial charge in [0.15, 0.2) is 5.62 Å². The molecular weight excluding hydrogens is 765 g/mol. The monoisotopic (exact) mass is 871 g/mol. The fourth-order valence-corrected chi connectivity index (χ4v) is 8.09. The van der Waals surface area contributed by atoms with E-state index in [1.807, 2.05) is 34.7 Å². The molecule has 0 aliphatic heterocycles. The van der Waals surface area contributed by atoms with Crippen LogP contribution in [0.4, 0.5) is 4.79 Å². The van der Waals surface area contributed by atoms with Crippen molar-refractivity contribution in [3.8, 4) is 0 Å². The number of methoxy groups -OCH3 is 1.